The molecule has 0 aliphatic carbocycles. The van der Waals surface area contributed by atoms with Crippen LogP contribution in [0, 0.1) is 5.92 Å². The van der Waals surface area contributed by atoms with Gasteiger partial charge in [-0.1, -0.05) is 13.3 Å². The van der Waals surface area contributed by atoms with Crippen molar-refractivity contribution in [2.45, 2.75) is 56.7 Å². The number of nitrogens with zero attached hydrogens (tertiary/aromatic N) is 3. The van der Waals surface area contributed by atoms with Gasteiger partial charge in [-0.2, -0.15) is 0 Å². The molecule has 1 fully saturated rings. The van der Waals surface area contributed by atoms with Gasteiger partial charge in [-0.05, 0) is 35.0 Å². The standard InChI is InChI=1S/C22H38N5O5PS/c1-15(14-25-33)17(28)12-16(21(31)24-10-9-23-2)26(3)19(29)8-6-5-7-11-34-18-13-20(30)27(4)22(18)32/h14-16,18,23H,5-13,33H2,1-4H3,(H,24,31)/t15?,16-,18?/m0/s1. The molecule has 12 heteroatoms. The number of carbonyl (C=O) groups excluding carboxylic acids is 5. The maximum atomic E-state index is 12.8. The molecule has 10 nitrogen and oxygen atoms in total. The minimum atomic E-state index is -0.879. The summed E-state index contributed by atoms with van der Waals surface area (Å²) in [6.45, 7) is 2.68. The maximum absolute atomic E-state index is 12.8. The van der Waals surface area contributed by atoms with Crippen LogP contribution >= 0.6 is 21.2 Å². The van der Waals surface area contributed by atoms with Crippen molar-refractivity contribution in [3.63, 3.8) is 0 Å². The fourth-order valence-corrected chi connectivity index (χ4v) is 4.88. The topological polar surface area (TPSA) is 128 Å². The van der Waals surface area contributed by atoms with Crippen LogP contribution in [0.2, 0.25) is 0 Å². The van der Waals surface area contributed by atoms with Gasteiger partial charge >= 0.3 is 0 Å². The Morgan fingerprint density at radius 3 is 2.56 bits per heavy atom. The second-order valence-corrected chi connectivity index (χ2v) is 9.95. The van der Waals surface area contributed by atoms with Gasteiger partial charge < -0.3 is 15.5 Å². The van der Waals surface area contributed by atoms with Crippen molar-refractivity contribution in [3.8, 4) is 0 Å². The van der Waals surface area contributed by atoms with Crippen LogP contribution < -0.4 is 10.6 Å². The van der Waals surface area contributed by atoms with Crippen molar-refractivity contribution in [1.82, 2.24) is 20.4 Å². The number of imide groups is 1. The number of Topliss-reactive ketones (excluding diaryl/α,β-unsaturated/α-hetero) is 1. The molecule has 1 heterocycles. The van der Waals surface area contributed by atoms with E-state index in [1.54, 1.807) is 21.0 Å². The van der Waals surface area contributed by atoms with E-state index in [2.05, 4.69) is 24.8 Å². The smallest absolute Gasteiger partial charge is 0.243 e. The summed E-state index contributed by atoms with van der Waals surface area (Å²) in [6, 6.07) is -0.879. The van der Waals surface area contributed by atoms with E-state index >= 15 is 0 Å². The number of ketones is 1. The third-order valence-electron chi connectivity index (χ3n) is 5.74. The third kappa shape index (κ3) is 9.80. The highest BCUT2D eigenvalue weighted by Crippen LogP contribution is 2.25. The first kappa shape index (κ1) is 30.2. The van der Waals surface area contributed by atoms with Gasteiger partial charge in [-0.25, -0.2) is 0 Å². The Labute approximate surface area is 208 Å². The number of hydrogen-bond acceptors (Lipinski definition) is 8. The number of carbonyl (C=O) groups is 5. The molecule has 1 saturated heterocycles. The largest absolute Gasteiger partial charge is 0.353 e. The Kier molecular flexibility index (Phi) is 14.2. The van der Waals surface area contributed by atoms with Crippen LogP contribution in [0.25, 0.3) is 0 Å². The van der Waals surface area contributed by atoms with Crippen LogP contribution in [0.3, 0.4) is 0 Å². The number of unbranched alkanes of at least 4 members (excludes halogenated alkanes) is 2. The number of amides is 4. The fraction of sp³-hybridized carbons (Fsp3) is 0.727. The van der Waals surface area contributed by atoms with Crippen molar-refractivity contribution in [1.29, 1.82) is 0 Å². The molecule has 2 N–H and O–H groups in total. The van der Waals surface area contributed by atoms with Crippen molar-refractivity contribution in [2.75, 3.05) is 40.0 Å². The van der Waals surface area contributed by atoms with Gasteiger partial charge in [0.15, 0.2) is 0 Å². The molecule has 0 saturated carbocycles. The molecule has 192 valence electrons. The molecule has 3 unspecified atom stereocenters. The SMILES string of the molecule is CNCCNC(=O)[C@H](CC(=O)C(C)C=NP)N(C)C(=O)CCCCCSC1CC(=O)N(C)C1=O. The van der Waals surface area contributed by atoms with Gasteiger partial charge in [0.2, 0.25) is 23.6 Å². The van der Waals surface area contributed by atoms with Gasteiger partial charge in [0.05, 0.1) is 11.2 Å². The molecule has 4 atom stereocenters. The molecule has 0 spiro atoms. The lowest BCUT2D eigenvalue weighted by atomic mass is 9.99. The number of hydrogen-bond donors (Lipinski definition) is 2. The van der Waals surface area contributed by atoms with Crippen molar-refractivity contribution < 1.29 is 24.0 Å². The zero-order valence-corrected chi connectivity index (χ0v) is 22.5. The van der Waals surface area contributed by atoms with E-state index < -0.39 is 12.0 Å². The van der Waals surface area contributed by atoms with Crippen molar-refractivity contribution in [3.05, 3.63) is 0 Å². The van der Waals surface area contributed by atoms with Crippen LogP contribution in [0.5, 0.6) is 0 Å². The Morgan fingerprint density at radius 2 is 1.97 bits per heavy atom. The Hall–Kier alpha value is -1.84. The van der Waals surface area contributed by atoms with E-state index in [0.717, 1.165) is 18.6 Å². The van der Waals surface area contributed by atoms with Crippen LogP contribution in [-0.2, 0) is 24.0 Å². The van der Waals surface area contributed by atoms with Gasteiger partial charge in [-0.3, -0.25) is 33.6 Å². The monoisotopic (exact) mass is 515 g/mol. The molecule has 1 rings (SSSR count). The first-order valence-corrected chi connectivity index (χ1v) is 13.1. The van der Waals surface area contributed by atoms with E-state index in [1.165, 1.54) is 34.8 Å². The first-order chi connectivity index (χ1) is 16.1. The highest BCUT2D eigenvalue weighted by Gasteiger charge is 2.36. The number of nitrogens with one attached hydrogen (secondary N) is 2. The number of likely N-dealkylation sites (N-methyl/N-ethyl adjacent to an activating group) is 2. The molecule has 34 heavy (non-hydrogen) atoms. The first-order valence-electron chi connectivity index (χ1n) is 11.5. The van der Waals surface area contributed by atoms with E-state index in [-0.39, 0.29) is 53.9 Å². The zero-order valence-electron chi connectivity index (χ0n) is 20.5. The molecular weight excluding hydrogens is 477 g/mol. The molecule has 1 aliphatic heterocycles. The van der Waals surface area contributed by atoms with Crippen LogP contribution in [0.15, 0.2) is 4.76 Å². The average molecular weight is 516 g/mol. The van der Waals surface area contributed by atoms with Crippen LogP contribution in [0.1, 0.15) is 45.4 Å². The van der Waals surface area contributed by atoms with Gasteiger partial charge in [0.1, 0.15) is 11.8 Å². The normalized spacial score (nSPS) is 17.8. The Balaban J connectivity index is 2.52. The molecule has 0 aromatic heterocycles. The fourth-order valence-electron chi connectivity index (χ4n) is 3.41. The minimum Gasteiger partial charge on any atom is -0.353 e. The quantitative estimate of drug-likeness (QED) is 0.134. The van der Waals surface area contributed by atoms with E-state index in [1.807, 2.05) is 0 Å². The summed E-state index contributed by atoms with van der Waals surface area (Å²) in [5, 5.41) is 5.41. The predicted molar refractivity (Wildman–Crippen MR) is 138 cm³/mol. The molecule has 0 radical (unpaired) electrons. The summed E-state index contributed by atoms with van der Waals surface area (Å²) in [5.74, 6) is -0.712. The lowest BCUT2D eigenvalue weighted by molar-refractivity contribution is -0.141. The Bertz CT molecular complexity index is 766. The molecule has 0 aromatic carbocycles. The zero-order chi connectivity index (χ0) is 25.7. The maximum Gasteiger partial charge on any atom is 0.243 e. The highest BCUT2D eigenvalue weighted by atomic mass is 32.2. The molecular formula is C22H38N5O5PS. The number of rotatable bonds is 16. The number of thioether (sulfide) groups is 1. The van der Waals surface area contributed by atoms with E-state index in [4.69, 9.17) is 0 Å². The summed E-state index contributed by atoms with van der Waals surface area (Å²) in [5.41, 5.74) is 0. The van der Waals surface area contributed by atoms with Crippen LogP contribution in [-0.4, -0.2) is 96.7 Å². The lowest BCUT2D eigenvalue weighted by Gasteiger charge is -2.27. The lowest BCUT2D eigenvalue weighted by Crippen LogP contribution is -2.50. The molecule has 0 bridgehead atoms. The van der Waals surface area contributed by atoms with Crippen molar-refractivity contribution >= 4 is 56.8 Å². The van der Waals surface area contributed by atoms with E-state index in [9.17, 15) is 24.0 Å². The highest BCUT2D eigenvalue weighted by molar-refractivity contribution is 8.00. The number of likely N-dealkylation sites (tertiary alicyclic amines) is 1. The van der Waals surface area contributed by atoms with E-state index in [0.29, 0.717) is 19.5 Å². The second-order valence-electron chi connectivity index (χ2n) is 8.34. The minimum absolute atomic E-state index is 0.0787. The molecule has 0 aromatic rings. The second kappa shape index (κ2) is 15.9. The Morgan fingerprint density at radius 1 is 1.26 bits per heavy atom. The molecule has 4 amide bonds. The van der Waals surface area contributed by atoms with Gasteiger partial charge in [-0.15, -0.1) is 11.8 Å². The van der Waals surface area contributed by atoms with Crippen molar-refractivity contribution in [2.24, 2.45) is 10.7 Å². The summed E-state index contributed by atoms with van der Waals surface area (Å²) >= 11 is 1.48. The summed E-state index contributed by atoms with van der Waals surface area (Å²) in [7, 11) is 7.01. The van der Waals surface area contributed by atoms with Gasteiger partial charge in [0.25, 0.3) is 0 Å². The average Bonchev–Trinajstić information content (AvgIpc) is 3.05. The summed E-state index contributed by atoms with van der Waals surface area (Å²) in [4.78, 5) is 64.0. The molecule has 1 aliphatic rings. The van der Waals surface area contributed by atoms with Crippen LogP contribution in [0.4, 0.5) is 0 Å². The third-order valence-corrected chi connectivity index (χ3v) is 7.21. The van der Waals surface area contributed by atoms with Gasteiger partial charge in [0, 0.05) is 52.7 Å². The summed E-state index contributed by atoms with van der Waals surface area (Å²) in [6.07, 6.45) is 4.18. The predicted octanol–water partition coefficient (Wildman–Crippen LogP) is 0.656. The summed E-state index contributed by atoms with van der Waals surface area (Å²) < 4.78 is 3.79.